The number of carbonyl (C=O) groups excluding carboxylic acids is 5. The number of alkyl halides is 3. The van der Waals surface area contributed by atoms with Crippen LogP contribution >= 0.6 is 0 Å². The lowest BCUT2D eigenvalue weighted by Gasteiger charge is -2.37. The van der Waals surface area contributed by atoms with E-state index < -0.39 is 65.6 Å². The lowest BCUT2D eigenvalue weighted by atomic mass is 9.96. The molecule has 2 aliphatic heterocycles. The van der Waals surface area contributed by atoms with Crippen LogP contribution in [-0.4, -0.2) is 83.5 Å². The van der Waals surface area contributed by atoms with Gasteiger partial charge in [0.25, 0.3) is 0 Å². The molecule has 0 unspecified atom stereocenters. The van der Waals surface area contributed by atoms with Gasteiger partial charge < -0.3 is 31.3 Å². The zero-order valence-electron chi connectivity index (χ0n) is 23.0. The molecule has 14 heteroatoms. The summed E-state index contributed by atoms with van der Waals surface area (Å²) in [5, 5.41) is 6.97. The number of hydrogen-bond donors (Lipinski definition) is 4. The van der Waals surface area contributed by atoms with Crippen LogP contribution in [0.15, 0.2) is 0 Å². The molecule has 3 fully saturated rings. The van der Waals surface area contributed by atoms with Gasteiger partial charge in [-0.25, -0.2) is 0 Å². The summed E-state index contributed by atoms with van der Waals surface area (Å²) in [4.78, 5) is 64.4. The normalized spacial score (nSPS) is 28.1. The molecule has 3 aliphatic rings. The Morgan fingerprint density at radius 2 is 1.79 bits per heavy atom. The van der Waals surface area contributed by atoms with Crippen molar-refractivity contribution in [3.8, 4) is 0 Å². The highest BCUT2D eigenvalue weighted by Gasteiger charge is 2.70. The van der Waals surface area contributed by atoms with E-state index >= 15 is 0 Å². The van der Waals surface area contributed by atoms with Crippen LogP contribution in [-0.2, 0) is 28.7 Å². The summed E-state index contributed by atoms with van der Waals surface area (Å²) >= 11 is 0. The lowest BCUT2D eigenvalue weighted by Crippen LogP contribution is -2.61. The van der Waals surface area contributed by atoms with Crippen LogP contribution in [0.1, 0.15) is 54.4 Å². The molecule has 5 N–H and O–H groups in total. The summed E-state index contributed by atoms with van der Waals surface area (Å²) in [7, 11) is 0. The number of amides is 5. The molecule has 1 saturated carbocycles. The Hall–Kier alpha value is -2.90. The van der Waals surface area contributed by atoms with Crippen LogP contribution in [0.4, 0.5) is 13.2 Å². The molecular formula is C25H38F3N5O6. The highest BCUT2D eigenvalue weighted by Crippen LogP contribution is 2.65. The third-order valence-corrected chi connectivity index (χ3v) is 7.92. The van der Waals surface area contributed by atoms with Gasteiger partial charge in [-0.3, -0.25) is 24.0 Å². The Morgan fingerprint density at radius 3 is 2.28 bits per heavy atom. The molecule has 5 amide bonds. The van der Waals surface area contributed by atoms with Crippen molar-refractivity contribution in [1.82, 2.24) is 20.9 Å². The number of piperidine rings is 1. The first kappa shape index (κ1) is 30.6. The number of carbonyl (C=O) groups is 5. The zero-order chi connectivity index (χ0) is 29.7. The maximum atomic E-state index is 13.7. The summed E-state index contributed by atoms with van der Waals surface area (Å²) < 4.78 is 45.1. The molecule has 3 rings (SSSR count). The van der Waals surface area contributed by atoms with E-state index in [0.717, 1.165) is 4.90 Å². The van der Waals surface area contributed by atoms with Crippen LogP contribution in [0.5, 0.6) is 0 Å². The number of rotatable bonds is 9. The minimum atomic E-state index is -5.24. The molecule has 0 bridgehead atoms. The van der Waals surface area contributed by atoms with Gasteiger partial charge in [0.05, 0.1) is 11.7 Å². The number of nitrogens with two attached hydrogens (primary N) is 1. The van der Waals surface area contributed by atoms with Crippen LogP contribution in [0, 0.1) is 23.2 Å². The maximum absolute atomic E-state index is 13.7. The molecule has 220 valence electrons. The van der Waals surface area contributed by atoms with Gasteiger partial charge in [0.2, 0.25) is 23.6 Å². The number of likely N-dealkylation sites (tertiary alicyclic amines) is 1. The molecule has 7 atom stereocenters. The Kier molecular flexibility index (Phi) is 8.31. The quantitative estimate of drug-likeness (QED) is 0.315. The Balaban J connectivity index is 1.86. The van der Waals surface area contributed by atoms with E-state index in [0.29, 0.717) is 13.0 Å². The van der Waals surface area contributed by atoms with Crippen LogP contribution in [0.2, 0.25) is 0 Å². The highest BCUT2D eigenvalue weighted by molar-refractivity contribution is 5.96. The Morgan fingerprint density at radius 1 is 1.18 bits per heavy atom. The van der Waals surface area contributed by atoms with Gasteiger partial charge >= 0.3 is 12.1 Å². The molecule has 0 aromatic carbocycles. The first-order valence-electron chi connectivity index (χ1n) is 13.0. The third kappa shape index (κ3) is 6.64. The molecule has 2 heterocycles. The summed E-state index contributed by atoms with van der Waals surface area (Å²) in [5.74, 6) is -6.00. The fourth-order valence-corrected chi connectivity index (χ4v) is 5.88. The van der Waals surface area contributed by atoms with Crippen molar-refractivity contribution in [2.75, 3.05) is 13.1 Å². The van der Waals surface area contributed by atoms with Crippen molar-refractivity contribution in [1.29, 1.82) is 0 Å². The molecule has 0 aromatic heterocycles. The predicted molar refractivity (Wildman–Crippen MR) is 131 cm³/mol. The Bertz CT molecular complexity index is 1030. The van der Waals surface area contributed by atoms with E-state index in [1.54, 1.807) is 26.1 Å². The van der Waals surface area contributed by atoms with Gasteiger partial charge in [0, 0.05) is 19.0 Å². The van der Waals surface area contributed by atoms with Crippen molar-refractivity contribution in [2.24, 2.45) is 28.9 Å². The molecule has 39 heavy (non-hydrogen) atoms. The van der Waals surface area contributed by atoms with E-state index in [2.05, 4.69) is 10.6 Å². The highest BCUT2D eigenvalue weighted by atomic mass is 19.4. The molecule has 0 aromatic rings. The topological polar surface area (TPSA) is 160 Å². The first-order chi connectivity index (χ1) is 17.8. The van der Waals surface area contributed by atoms with Gasteiger partial charge in [0.15, 0.2) is 0 Å². The monoisotopic (exact) mass is 561 g/mol. The number of nitrogens with zero attached hydrogens (tertiary/aromatic N) is 1. The standard InChI is InChI=1S/C25H38F3N5O6/c1-11(39-23(2,3)4)16(32-22(38)25(26,27)28)21(37)33-10-13-15(24(13,5)6)17(33)20(36)31-14(18(29)34)9-12-7-8-30-19(12)35/h11-17H,7-10H2,1-6H3,(H2,29,34)(H,30,35)(H,31,36)(H,32,38)/t11-,12+,13+,14+,15+,16+,17+/m1/s1. The number of primary amides is 1. The first-order valence-corrected chi connectivity index (χ1v) is 13.0. The minimum absolute atomic E-state index is 0.0220. The maximum Gasteiger partial charge on any atom is 0.471 e. The fraction of sp³-hybridized carbons (Fsp3) is 0.800. The average molecular weight is 562 g/mol. The number of fused-ring (bicyclic) bond motifs is 1. The summed E-state index contributed by atoms with van der Waals surface area (Å²) in [6, 6.07) is -4.04. The van der Waals surface area contributed by atoms with E-state index in [1.807, 2.05) is 13.8 Å². The second-order valence-corrected chi connectivity index (χ2v) is 12.2. The van der Waals surface area contributed by atoms with Crippen molar-refractivity contribution in [2.45, 2.75) is 90.4 Å². The molecular weight excluding hydrogens is 523 g/mol. The Labute approximate surface area is 225 Å². The average Bonchev–Trinajstić information content (AvgIpc) is 3.14. The number of ether oxygens (including phenoxy) is 1. The zero-order valence-corrected chi connectivity index (χ0v) is 23.0. The third-order valence-electron chi connectivity index (χ3n) is 7.92. The minimum Gasteiger partial charge on any atom is -0.370 e. The van der Waals surface area contributed by atoms with E-state index in [1.165, 1.54) is 6.92 Å². The van der Waals surface area contributed by atoms with Gasteiger partial charge in [0.1, 0.15) is 18.1 Å². The lowest BCUT2D eigenvalue weighted by molar-refractivity contribution is -0.177. The second-order valence-electron chi connectivity index (χ2n) is 12.2. The van der Waals surface area contributed by atoms with E-state index in [-0.39, 0.29) is 36.1 Å². The van der Waals surface area contributed by atoms with Crippen molar-refractivity contribution in [3.05, 3.63) is 0 Å². The summed E-state index contributed by atoms with van der Waals surface area (Å²) in [5.41, 5.74) is 4.31. The number of hydrogen-bond acceptors (Lipinski definition) is 6. The van der Waals surface area contributed by atoms with Gasteiger partial charge in [-0.05, 0) is 57.8 Å². The van der Waals surface area contributed by atoms with Crippen molar-refractivity contribution < 1.29 is 41.9 Å². The summed E-state index contributed by atoms with van der Waals surface area (Å²) in [6.45, 7) is 10.6. The predicted octanol–water partition coefficient (Wildman–Crippen LogP) is 0.216. The molecule has 0 radical (unpaired) electrons. The van der Waals surface area contributed by atoms with Crippen molar-refractivity contribution >= 4 is 29.5 Å². The summed E-state index contributed by atoms with van der Waals surface area (Å²) in [6.07, 6.45) is -5.97. The van der Waals surface area contributed by atoms with Gasteiger partial charge in [-0.2, -0.15) is 13.2 Å². The van der Waals surface area contributed by atoms with Crippen LogP contribution in [0.3, 0.4) is 0 Å². The SMILES string of the molecule is C[C@@H](OC(C)(C)C)[C@H](NC(=O)C(F)(F)F)C(=O)N1C[C@H]2[C@@H]([C@H]1C(=O)N[C@@H](C[C@@H]1CCNC1=O)C(N)=O)C2(C)C. The van der Waals surface area contributed by atoms with Crippen LogP contribution < -0.4 is 21.7 Å². The van der Waals surface area contributed by atoms with Crippen LogP contribution in [0.25, 0.3) is 0 Å². The smallest absolute Gasteiger partial charge is 0.370 e. The largest absolute Gasteiger partial charge is 0.471 e. The number of nitrogens with one attached hydrogen (secondary N) is 3. The molecule has 11 nitrogen and oxygen atoms in total. The van der Waals surface area contributed by atoms with E-state index in [9.17, 15) is 37.1 Å². The number of halogens is 3. The van der Waals surface area contributed by atoms with Gasteiger partial charge in [-0.15, -0.1) is 0 Å². The molecule has 0 spiro atoms. The fourth-order valence-electron chi connectivity index (χ4n) is 5.88. The molecule has 2 saturated heterocycles. The van der Waals surface area contributed by atoms with Gasteiger partial charge in [-0.1, -0.05) is 13.8 Å². The van der Waals surface area contributed by atoms with E-state index in [4.69, 9.17) is 10.5 Å². The van der Waals surface area contributed by atoms with Crippen molar-refractivity contribution in [3.63, 3.8) is 0 Å². The second kappa shape index (κ2) is 10.6. The molecule has 1 aliphatic carbocycles.